The van der Waals surface area contributed by atoms with Crippen molar-refractivity contribution in [3.8, 4) is 0 Å². The molecule has 2 amide bonds. The van der Waals surface area contributed by atoms with E-state index in [-0.39, 0.29) is 11.8 Å². The lowest BCUT2D eigenvalue weighted by Gasteiger charge is -2.23. The maximum atomic E-state index is 12.8. The van der Waals surface area contributed by atoms with Crippen molar-refractivity contribution in [1.82, 2.24) is 9.88 Å². The largest absolute Gasteiger partial charge is 0.327 e. The van der Waals surface area contributed by atoms with E-state index in [1.807, 2.05) is 42.5 Å². The average molecular weight is 426 g/mol. The summed E-state index contributed by atoms with van der Waals surface area (Å²) in [6, 6.07) is 16.3. The van der Waals surface area contributed by atoms with Crippen molar-refractivity contribution in [2.75, 3.05) is 11.9 Å². The molecule has 1 fully saturated rings. The number of benzene rings is 2. The smallest absolute Gasteiger partial charge is 0.254 e. The lowest BCUT2D eigenvalue weighted by molar-refractivity contribution is -0.119. The van der Waals surface area contributed by atoms with Gasteiger partial charge in [-0.1, -0.05) is 48.0 Å². The van der Waals surface area contributed by atoms with Crippen LogP contribution in [0.5, 0.6) is 0 Å². The fourth-order valence-corrected chi connectivity index (χ4v) is 4.54. The number of rotatable bonds is 5. The first kappa shape index (κ1) is 19.6. The van der Waals surface area contributed by atoms with Crippen LogP contribution in [-0.2, 0) is 11.2 Å². The molecule has 1 aliphatic heterocycles. The van der Waals surface area contributed by atoms with Crippen molar-refractivity contribution in [2.45, 2.75) is 25.3 Å². The van der Waals surface area contributed by atoms with Crippen LogP contribution in [-0.4, -0.2) is 34.3 Å². The third-order valence-electron chi connectivity index (χ3n) is 4.94. The summed E-state index contributed by atoms with van der Waals surface area (Å²) in [4.78, 5) is 32.6. The topological polar surface area (TPSA) is 62.3 Å². The summed E-state index contributed by atoms with van der Waals surface area (Å²) in [5.41, 5.74) is 1.62. The molecule has 1 saturated heterocycles. The number of nitrogens with one attached hydrogen (secondary N) is 1. The van der Waals surface area contributed by atoms with Gasteiger partial charge in [-0.2, -0.15) is 0 Å². The number of carbonyl (C=O) groups is 2. The van der Waals surface area contributed by atoms with Crippen LogP contribution >= 0.6 is 22.9 Å². The summed E-state index contributed by atoms with van der Waals surface area (Å²) in [7, 11) is 0. The number of halogens is 1. The number of aromatic nitrogens is 1. The highest BCUT2D eigenvalue weighted by atomic mass is 35.5. The van der Waals surface area contributed by atoms with Crippen molar-refractivity contribution in [3.05, 3.63) is 81.8 Å². The Labute approximate surface area is 178 Å². The van der Waals surface area contributed by atoms with Gasteiger partial charge in [0.2, 0.25) is 5.91 Å². The number of carbonyl (C=O) groups excluding carboxylic acids is 2. The second kappa shape index (κ2) is 8.76. The maximum Gasteiger partial charge on any atom is 0.254 e. The highest BCUT2D eigenvalue weighted by molar-refractivity contribution is 7.15. The molecule has 2 aromatic carbocycles. The van der Waals surface area contributed by atoms with Crippen molar-refractivity contribution in [2.24, 2.45) is 0 Å². The summed E-state index contributed by atoms with van der Waals surface area (Å²) < 4.78 is 0. The Bertz CT molecular complexity index is 1020. The van der Waals surface area contributed by atoms with Crippen LogP contribution in [0.1, 0.15) is 33.6 Å². The van der Waals surface area contributed by atoms with Crippen LogP contribution in [0.3, 0.4) is 0 Å². The molecule has 0 saturated carbocycles. The third kappa shape index (κ3) is 4.49. The minimum Gasteiger partial charge on any atom is -0.327 e. The SMILES string of the molecule is O=C(Nc1ncc(Cc2ccccc2Cl)s1)C1CCCN1C(=O)c1ccccc1. The number of hydrogen-bond acceptors (Lipinski definition) is 4. The zero-order valence-corrected chi connectivity index (χ0v) is 17.2. The van der Waals surface area contributed by atoms with E-state index in [2.05, 4.69) is 10.3 Å². The molecule has 1 atom stereocenters. The first-order valence-corrected chi connectivity index (χ1v) is 10.7. The predicted molar refractivity (Wildman–Crippen MR) is 116 cm³/mol. The molecular formula is C22H20ClN3O2S. The van der Waals surface area contributed by atoms with Gasteiger partial charge in [-0.25, -0.2) is 4.98 Å². The summed E-state index contributed by atoms with van der Waals surface area (Å²) >= 11 is 7.65. The summed E-state index contributed by atoms with van der Waals surface area (Å²) in [5, 5.41) is 4.14. The van der Waals surface area contributed by atoms with Crippen molar-refractivity contribution >= 4 is 39.9 Å². The molecule has 7 heteroatoms. The van der Waals surface area contributed by atoms with Crippen LogP contribution in [0.15, 0.2) is 60.8 Å². The van der Waals surface area contributed by atoms with Gasteiger partial charge in [0.1, 0.15) is 6.04 Å². The Kier molecular flexibility index (Phi) is 5.92. The standard InChI is InChI=1S/C22H20ClN3O2S/c23-18-10-5-4-9-16(18)13-17-14-24-22(29-17)25-20(27)19-11-6-12-26(19)21(28)15-7-2-1-3-8-15/h1-5,7-10,14,19H,6,11-13H2,(H,24,25,27). The Hall–Kier alpha value is -2.70. The normalized spacial score (nSPS) is 16.0. The first-order chi connectivity index (χ1) is 14.1. The van der Waals surface area contributed by atoms with Gasteiger partial charge in [0.05, 0.1) is 0 Å². The van der Waals surface area contributed by atoms with Gasteiger partial charge in [0.15, 0.2) is 5.13 Å². The quantitative estimate of drug-likeness (QED) is 0.648. The van der Waals surface area contributed by atoms with Crippen LogP contribution in [0.2, 0.25) is 5.02 Å². The number of thiazole rings is 1. The molecular weight excluding hydrogens is 406 g/mol. The molecule has 5 nitrogen and oxygen atoms in total. The zero-order valence-electron chi connectivity index (χ0n) is 15.7. The Morgan fingerprint density at radius 1 is 1.14 bits per heavy atom. The van der Waals surface area contributed by atoms with Gasteiger partial charge in [-0.3, -0.25) is 9.59 Å². The lowest BCUT2D eigenvalue weighted by atomic mass is 10.1. The molecule has 1 N–H and O–H groups in total. The Morgan fingerprint density at radius 3 is 2.69 bits per heavy atom. The highest BCUT2D eigenvalue weighted by Gasteiger charge is 2.34. The van der Waals surface area contributed by atoms with Gasteiger partial charge in [0.25, 0.3) is 5.91 Å². The number of anilines is 1. The Balaban J connectivity index is 1.42. The monoisotopic (exact) mass is 425 g/mol. The van der Waals surface area contributed by atoms with Gasteiger partial charge in [0, 0.05) is 34.6 Å². The second-order valence-electron chi connectivity index (χ2n) is 6.91. The van der Waals surface area contributed by atoms with Crippen molar-refractivity contribution < 1.29 is 9.59 Å². The minimum absolute atomic E-state index is 0.109. The summed E-state index contributed by atoms with van der Waals surface area (Å²) in [6.07, 6.45) is 3.88. The van der Waals surface area contributed by atoms with Crippen LogP contribution in [0.25, 0.3) is 0 Å². The molecule has 148 valence electrons. The number of amides is 2. The predicted octanol–water partition coefficient (Wildman–Crippen LogP) is 4.63. The molecule has 0 radical (unpaired) electrons. The van der Waals surface area contributed by atoms with Gasteiger partial charge < -0.3 is 10.2 Å². The van der Waals surface area contributed by atoms with Gasteiger partial charge >= 0.3 is 0 Å². The van der Waals surface area contributed by atoms with E-state index in [9.17, 15) is 9.59 Å². The van der Waals surface area contributed by atoms with E-state index >= 15 is 0 Å². The Morgan fingerprint density at radius 2 is 1.90 bits per heavy atom. The van der Waals surface area contributed by atoms with E-state index < -0.39 is 6.04 Å². The molecule has 4 rings (SSSR count). The van der Waals surface area contributed by atoms with Crippen molar-refractivity contribution in [1.29, 1.82) is 0 Å². The summed E-state index contributed by atoms with van der Waals surface area (Å²) in [6.45, 7) is 0.585. The summed E-state index contributed by atoms with van der Waals surface area (Å²) in [5.74, 6) is -0.299. The molecule has 0 spiro atoms. The molecule has 29 heavy (non-hydrogen) atoms. The third-order valence-corrected chi connectivity index (χ3v) is 6.22. The van der Waals surface area contributed by atoms with E-state index in [1.165, 1.54) is 11.3 Å². The van der Waals surface area contributed by atoms with Crippen molar-refractivity contribution in [3.63, 3.8) is 0 Å². The number of hydrogen-bond donors (Lipinski definition) is 1. The van der Waals surface area contributed by atoms with Crippen LogP contribution in [0.4, 0.5) is 5.13 Å². The van der Waals surface area contributed by atoms with Crippen LogP contribution < -0.4 is 5.32 Å². The maximum absolute atomic E-state index is 12.8. The lowest BCUT2D eigenvalue weighted by Crippen LogP contribution is -2.43. The number of likely N-dealkylation sites (tertiary alicyclic amines) is 1. The van der Waals surface area contributed by atoms with E-state index in [1.54, 1.807) is 23.2 Å². The molecule has 1 unspecified atom stereocenters. The van der Waals surface area contributed by atoms with E-state index in [0.717, 1.165) is 16.9 Å². The van der Waals surface area contributed by atoms with Crippen LogP contribution in [0, 0.1) is 0 Å². The minimum atomic E-state index is -0.473. The first-order valence-electron chi connectivity index (χ1n) is 9.47. The fraction of sp³-hybridized carbons (Fsp3) is 0.227. The fourth-order valence-electron chi connectivity index (χ4n) is 3.49. The molecule has 2 heterocycles. The molecule has 3 aromatic rings. The van der Waals surface area contributed by atoms with Gasteiger partial charge in [-0.05, 0) is 36.6 Å². The second-order valence-corrected chi connectivity index (χ2v) is 8.43. The molecule has 0 bridgehead atoms. The van der Waals surface area contributed by atoms with Gasteiger partial charge in [-0.15, -0.1) is 11.3 Å². The molecule has 1 aromatic heterocycles. The average Bonchev–Trinajstić information content (AvgIpc) is 3.39. The zero-order chi connectivity index (χ0) is 20.2. The van der Waals surface area contributed by atoms with E-state index in [0.29, 0.717) is 35.1 Å². The number of nitrogens with zero attached hydrogens (tertiary/aromatic N) is 2. The molecule has 1 aliphatic rings. The highest BCUT2D eigenvalue weighted by Crippen LogP contribution is 2.26. The van der Waals surface area contributed by atoms with E-state index in [4.69, 9.17) is 11.6 Å². The molecule has 0 aliphatic carbocycles.